The molecule has 0 aliphatic carbocycles. The van der Waals surface area contributed by atoms with Gasteiger partial charge in [-0.3, -0.25) is 4.79 Å². The van der Waals surface area contributed by atoms with E-state index >= 15 is 0 Å². The van der Waals surface area contributed by atoms with E-state index in [-0.39, 0.29) is 17.1 Å². The number of carbonyl (C=O) groups excluding carboxylic acids is 1. The van der Waals surface area contributed by atoms with Crippen molar-refractivity contribution in [3.63, 3.8) is 0 Å². The fourth-order valence-corrected chi connectivity index (χ4v) is 2.04. The average Bonchev–Trinajstić information content (AvgIpc) is 2.97. The zero-order valence-electron chi connectivity index (χ0n) is 12.3. The van der Waals surface area contributed by atoms with Crippen molar-refractivity contribution in [2.24, 2.45) is 0 Å². The van der Waals surface area contributed by atoms with Crippen molar-refractivity contribution in [1.29, 1.82) is 0 Å². The van der Waals surface area contributed by atoms with E-state index in [2.05, 4.69) is 0 Å². The summed E-state index contributed by atoms with van der Waals surface area (Å²) in [6.07, 6.45) is 0.557. The minimum atomic E-state index is -1.12. The minimum Gasteiger partial charge on any atom is -0.490 e. The number of hydrogen-bond donors (Lipinski definition) is 1. The summed E-state index contributed by atoms with van der Waals surface area (Å²) >= 11 is 0. The molecule has 0 saturated heterocycles. The quantitative estimate of drug-likeness (QED) is 0.790. The van der Waals surface area contributed by atoms with Gasteiger partial charge >= 0.3 is 5.97 Å². The molecule has 0 aliphatic heterocycles. The summed E-state index contributed by atoms with van der Waals surface area (Å²) in [5.41, 5.74) is 0.339. The number of benzene rings is 1. The molecule has 0 bridgehead atoms. The first kappa shape index (κ1) is 15.6. The smallest absolute Gasteiger partial charge is 0.336 e. The van der Waals surface area contributed by atoms with Crippen LogP contribution in [0.25, 0.3) is 11.3 Å². The molecule has 0 fully saturated rings. The van der Waals surface area contributed by atoms with Gasteiger partial charge in [0.1, 0.15) is 5.76 Å². The van der Waals surface area contributed by atoms with Gasteiger partial charge in [-0.05, 0) is 38.1 Å². The first-order chi connectivity index (χ1) is 10.6. The number of carboxylic acids is 1. The molecule has 2 rings (SSSR count). The van der Waals surface area contributed by atoms with Crippen LogP contribution in [0.15, 0.2) is 28.7 Å². The van der Waals surface area contributed by atoms with Crippen molar-refractivity contribution in [3.8, 4) is 22.8 Å². The van der Waals surface area contributed by atoms with E-state index < -0.39 is 5.97 Å². The molecule has 0 atom stereocenters. The maximum atomic E-state index is 11.5. The van der Waals surface area contributed by atoms with Crippen LogP contribution in [-0.2, 0) is 0 Å². The number of aromatic carboxylic acids is 1. The summed E-state index contributed by atoms with van der Waals surface area (Å²) in [6.45, 7) is 4.41. The molecule has 0 aliphatic rings. The normalized spacial score (nSPS) is 10.3. The van der Waals surface area contributed by atoms with Gasteiger partial charge in [0.2, 0.25) is 0 Å². The molecular weight excluding hydrogens is 288 g/mol. The second kappa shape index (κ2) is 6.80. The van der Waals surface area contributed by atoms with Gasteiger partial charge in [0.15, 0.2) is 23.5 Å². The molecule has 0 unspecified atom stereocenters. The SMILES string of the molecule is CCOc1cc(C(=O)O)c(-c2ccc(C=O)o2)cc1OCC. The summed E-state index contributed by atoms with van der Waals surface area (Å²) in [5, 5.41) is 9.40. The third kappa shape index (κ3) is 3.11. The second-order valence-corrected chi connectivity index (χ2v) is 4.34. The van der Waals surface area contributed by atoms with Gasteiger partial charge in [0, 0.05) is 5.56 Å². The number of hydrogen-bond acceptors (Lipinski definition) is 5. The molecule has 116 valence electrons. The van der Waals surface area contributed by atoms with Crippen molar-refractivity contribution in [1.82, 2.24) is 0 Å². The van der Waals surface area contributed by atoms with Crippen LogP contribution >= 0.6 is 0 Å². The molecule has 0 saturated carbocycles. The maximum Gasteiger partial charge on any atom is 0.336 e. The zero-order chi connectivity index (χ0) is 16.1. The number of carbonyl (C=O) groups is 2. The Morgan fingerprint density at radius 2 is 1.82 bits per heavy atom. The molecule has 6 heteroatoms. The Morgan fingerprint density at radius 1 is 1.18 bits per heavy atom. The molecule has 0 radical (unpaired) electrons. The van der Waals surface area contributed by atoms with Gasteiger partial charge < -0.3 is 19.0 Å². The molecule has 1 aromatic carbocycles. The third-order valence-electron chi connectivity index (χ3n) is 2.92. The molecule has 6 nitrogen and oxygen atoms in total. The summed E-state index contributed by atoms with van der Waals surface area (Å²) in [6, 6.07) is 5.97. The van der Waals surface area contributed by atoms with Gasteiger partial charge in [0.25, 0.3) is 0 Å². The average molecular weight is 304 g/mol. The van der Waals surface area contributed by atoms with Gasteiger partial charge in [-0.15, -0.1) is 0 Å². The van der Waals surface area contributed by atoms with E-state index in [4.69, 9.17) is 13.9 Å². The Labute approximate surface area is 127 Å². The van der Waals surface area contributed by atoms with Gasteiger partial charge in [-0.2, -0.15) is 0 Å². The highest BCUT2D eigenvalue weighted by Gasteiger charge is 2.20. The molecule has 2 aromatic rings. The van der Waals surface area contributed by atoms with E-state index in [0.717, 1.165) is 0 Å². The third-order valence-corrected chi connectivity index (χ3v) is 2.92. The summed E-state index contributed by atoms with van der Waals surface area (Å²) in [7, 11) is 0. The van der Waals surface area contributed by atoms with Crippen LogP contribution in [0.4, 0.5) is 0 Å². The predicted molar refractivity (Wildman–Crippen MR) is 78.8 cm³/mol. The number of carboxylic acid groups (broad SMARTS) is 1. The standard InChI is InChI=1S/C16H16O6/c1-3-20-14-7-11(13-6-5-10(9-17)22-13)12(16(18)19)8-15(14)21-4-2/h5-9H,3-4H2,1-2H3,(H,18,19). The summed E-state index contributed by atoms with van der Waals surface area (Å²) < 4.78 is 16.2. The molecule has 0 amide bonds. The molecular formula is C16H16O6. The lowest BCUT2D eigenvalue weighted by molar-refractivity contribution is 0.0697. The van der Waals surface area contributed by atoms with E-state index in [0.29, 0.717) is 36.6 Å². The molecule has 1 aromatic heterocycles. The number of aldehydes is 1. The monoisotopic (exact) mass is 304 g/mol. The fraction of sp³-hybridized carbons (Fsp3) is 0.250. The molecule has 22 heavy (non-hydrogen) atoms. The lowest BCUT2D eigenvalue weighted by atomic mass is 10.0. The Balaban J connectivity index is 2.61. The first-order valence-corrected chi connectivity index (χ1v) is 6.83. The predicted octanol–water partition coefficient (Wildman–Crippen LogP) is 3.25. The van der Waals surface area contributed by atoms with Crippen molar-refractivity contribution >= 4 is 12.3 Å². The first-order valence-electron chi connectivity index (χ1n) is 6.83. The van der Waals surface area contributed by atoms with E-state index in [1.54, 1.807) is 19.1 Å². The summed E-state index contributed by atoms with van der Waals surface area (Å²) in [4.78, 5) is 22.2. The Bertz CT molecular complexity index is 686. The van der Waals surface area contributed by atoms with E-state index in [1.165, 1.54) is 12.1 Å². The van der Waals surface area contributed by atoms with Crippen molar-refractivity contribution in [3.05, 3.63) is 35.6 Å². The van der Waals surface area contributed by atoms with Crippen molar-refractivity contribution in [2.45, 2.75) is 13.8 Å². The van der Waals surface area contributed by atoms with Crippen LogP contribution in [0.1, 0.15) is 34.8 Å². The number of rotatable bonds is 7. The largest absolute Gasteiger partial charge is 0.490 e. The topological polar surface area (TPSA) is 86.0 Å². The van der Waals surface area contributed by atoms with E-state index in [9.17, 15) is 14.7 Å². The van der Waals surface area contributed by atoms with Crippen molar-refractivity contribution < 1.29 is 28.6 Å². The lowest BCUT2D eigenvalue weighted by Crippen LogP contribution is -2.04. The molecule has 0 spiro atoms. The zero-order valence-corrected chi connectivity index (χ0v) is 12.3. The minimum absolute atomic E-state index is 0.0127. The fourth-order valence-electron chi connectivity index (χ4n) is 2.04. The van der Waals surface area contributed by atoms with Crippen LogP contribution in [0.2, 0.25) is 0 Å². The van der Waals surface area contributed by atoms with Crippen LogP contribution in [-0.4, -0.2) is 30.6 Å². The number of furan rings is 1. The highest BCUT2D eigenvalue weighted by atomic mass is 16.5. The maximum absolute atomic E-state index is 11.5. The van der Waals surface area contributed by atoms with Crippen molar-refractivity contribution in [2.75, 3.05) is 13.2 Å². The highest BCUT2D eigenvalue weighted by molar-refractivity contribution is 5.96. The highest BCUT2D eigenvalue weighted by Crippen LogP contribution is 2.36. The van der Waals surface area contributed by atoms with E-state index in [1.807, 2.05) is 6.92 Å². The van der Waals surface area contributed by atoms with Gasteiger partial charge in [-0.1, -0.05) is 0 Å². The Hall–Kier alpha value is -2.76. The molecule has 1 N–H and O–H groups in total. The van der Waals surface area contributed by atoms with Gasteiger partial charge in [-0.25, -0.2) is 4.79 Å². The van der Waals surface area contributed by atoms with Crippen LogP contribution in [0.5, 0.6) is 11.5 Å². The van der Waals surface area contributed by atoms with Crippen LogP contribution in [0, 0.1) is 0 Å². The Kier molecular flexibility index (Phi) is 4.83. The Morgan fingerprint density at radius 3 is 2.32 bits per heavy atom. The number of ether oxygens (including phenoxy) is 2. The molecule has 1 heterocycles. The van der Waals surface area contributed by atoms with Crippen LogP contribution in [0.3, 0.4) is 0 Å². The lowest BCUT2D eigenvalue weighted by Gasteiger charge is -2.14. The summed E-state index contributed by atoms with van der Waals surface area (Å²) in [5.74, 6) is 0.0609. The van der Waals surface area contributed by atoms with Crippen LogP contribution < -0.4 is 9.47 Å². The second-order valence-electron chi connectivity index (χ2n) is 4.34. The van der Waals surface area contributed by atoms with Gasteiger partial charge in [0.05, 0.1) is 18.8 Å².